The minimum Gasteiger partial charge on any atom is -0.480 e. The van der Waals surface area contributed by atoms with Crippen molar-refractivity contribution in [2.45, 2.75) is 83.2 Å². The zero-order chi connectivity index (χ0) is 27.2. The fourth-order valence-corrected chi connectivity index (χ4v) is 6.93. The smallest absolute Gasteiger partial charge is 0.320 e. The van der Waals surface area contributed by atoms with Crippen LogP contribution in [0.25, 0.3) is 11.0 Å². The maximum Gasteiger partial charge on any atom is 0.320 e. The summed E-state index contributed by atoms with van der Waals surface area (Å²) >= 11 is 0. The van der Waals surface area contributed by atoms with Gasteiger partial charge in [-0.2, -0.15) is 0 Å². The normalized spacial score (nSPS) is 23.5. The third-order valence-electron chi connectivity index (χ3n) is 8.96. The lowest BCUT2D eigenvalue weighted by Crippen LogP contribution is -2.43. The van der Waals surface area contributed by atoms with Gasteiger partial charge in [0, 0.05) is 12.6 Å². The third-order valence-corrected chi connectivity index (χ3v) is 8.96. The second-order valence-electron chi connectivity index (χ2n) is 12.4. The Bertz CT molecular complexity index is 1190. The molecule has 210 valence electrons. The van der Waals surface area contributed by atoms with E-state index in [0.717, 1.165) is 42.8 Å². The van der Waals surface area contributed by atoms with Gasteiger partial charge in [-0.25, -0.2) is 4.63 Å². The van der Waals surface area contributed by atoms with Crippen molar-refractivity contribution in [1.82, 2.24) is 20.5 Å². The first-order chi connectivity index (χ1) is 18.9. The molecule has 0 bridgehead atoms. The van der Waals surface area contributed by atoms with Crippen LogP contribution in [0.5, 0.6) is 0 Å². The number of aryl methyl sites for hydroxylation is 1. The first-order valence-electron chi connectivity index (χ1n) is 14.9. The predicted octanol–water partition coefficient (Wildman–Crippen LogP) is 5.91. The molecule has 2 aliphatic rings. The average molecular weight is 533 g/mol. The Morgan fingerprint density at radius 2 is 1.85 bits per heavy atom. The Balaban J connectivity index is 1.12. The number of aliphatic carboxylic acids is 1. The van der Waals surface area contributed by atoms with Gasteiger partial charge in [0.25, 0.3) is 0 Å². The monoisotopic (exact) mass is 532 g/mol. The Morgan fingerprint density at radius 1 is 1.08 bits per heavy atom. The summed E-state index contributed by atoms with van der Waals surface area (Å²) in [6.07, 6.45) is 8.83. The predicted molar refractivity (Wildman–Crippen MR) is 154 cm³/mol. The second kappa shape index (κ2) is 13.1. The van der Waals surface area contributed by atoms with Gasteiger partial charge in [-0.1, -0.05) is 56.7 Å². The quantitative estimate of drug-likeness (QED) is 0.300. The van der Waals surface area contributed by atoms with Crippen LogP contribution in [0.15, 0.2) is 53.2 Å². The Kier molecular flexibility index (Phi) is 9.30. The molecule has 5 rings (SSSR count). The van der Waals surface area contributed by atoms with Crippen LogP contribution in [0.3, 0.4) is 0 Å². The van der Waals surface area contributed by atoms with E-state index in [-0.39, 0.29) is 6.04 Å². The van der Waals surface area contributed by atoms with E-state index in [1.54, 1.807) is 0 Å². The third kappa shape index (κ3) is 7.46. The molecule has 2 aromatic carbocycles. The summed E-state index contributed by atoms with van der Waals surface area (Å²) in [6, 6.07) is 16.9. The molecule has 7 heteroatoms. The number of carbonyl (C=O) groups is 1. The van der Waals surface area contributed by atoms with Crippen molar-refractivity contribution < 1.29 is 14.5 Å². The highest BCUT2D eigenvalue weighted by molar-refractivity contribution is 5.74. The van der Waals surface area contributed by atoms with Crippen LogP contribution >= 0.6 is 0 Å². The standard InChI is InChI=1S/C32H44N4O3/c1-22(2)17-31(32(37)38)33-27-19-26(28(20-27)25-9-4-3-5-10-25)21-36-15-13-23(14-16-36)7-6-8-24-11-12-29-30(18-24)35-39-34-29/h3-5,9-12,18,22-23,26-28,31,33H,6-8,13-17,19-21H2,1-2H3,(H,37,38)/t26-,27?,28-,31?/m1/s1. The first-order valence-corrected chi connectivity index (χ1v) is 14.9. The number of hydrogen-bond donors (Lipinski definition) is 2. The van der Waals surface area contributed by atoms with Crippen molar-refractivity contribution >= 4 is 17.0 Å². The van der Waals surface area contributed by atoms with Gasteiger partial charge < -0.3 is 15.3 Å². The van der Waals surface area contributed by atoms with Crippen LogP contribution in [0, 0.1) is 17.8 Å². The number of nitrogens with one attached hydrogen (secondary N) is 1. The number of carboxylic acids is 1. The van der Waals surface area contributed by atoms with Crippen molar-refractivity contribution in [3.63, 3.8) is 0 Å². The van der Waals surface area contributed by atoms with Crippen LogP contribution < -0.4 is 5.32 Å². The SMILES string of the molecule is CC(C)CC(NC1C[C@H](CN2CCC(CCCc3ccc4nonc4c3)CC2)[C@@H](c2ccccc2)C1)C(=O)O. The minimum atomic E-state index is -0.721. The Morgan fingerprint density at radius 3 is 2.59 bits per heavy atom. The molecular weight excluding hydrogens is 488 g/mol. The van der Waals surface area contributed by atoms with Crippen LogP contribution in [-0.4, -0.2) is 58.0 Å². The molecule has 1 aliphatic heterocycles. The van der Waals surface area contributed by atoms with Crippen molar-refractivity contribution in [2.75, 3.05) is 19.6 Å². The van der Waals surface area contributed by atoms with E-state index in [1.165, 1.54) is 49.9 Å². The maximum absolute atomic E-state index is 11.9. The molecule has 1 aliphatic carbocycles. The number of aromatic nitrogens is 2. The molecule has 2 unspecified atom stereocenters. The van der Waals surface area contributed by atoms with Crippen LogP contribution in [-0.2, 0) is 11.2 Å². The molecule has 0 amide bonds. The van der Waals surface area contributed by atoms with Gasteiger partial charge in [-0.15, -0.1) is 0 Å². The van der Waals surface area contributed by atoms with Gasteiger partial charge in [-0.3, -0.25) is 4.79 Å². The van der Waals surface area contributed by atoms with E-state index < -0.39 is 12.0 Å². The summed E-state index contributed by atoms with van der Waals surface area (Å²) in [5.74, 6) is 1.47. The lowest BCUT2D eigenvalue weighted by atomic mass is 9.87. The van der Waals surface area contributed by atoms with Crippen molar-refractivity contribution in [3.05, 3.63) is 59.7 Å². The van der Waals surface area contributed by atoms with Crippen molar-refractivity contribution in [1.29, 1.82) is 0 Å². The molecule has 2 N–H and O–H groups in total. The van der Waals surface area contributed by atoms with Crippen LogP contribution in [0.2, 0.25) is 0 Å². The molecule has 3 aromatic rings. The number of piperidine rings is 1. The van der Waals surface area contributed by atoms with E-state index in [2.05, 4.69) is 76.8 Å². The molecule has 2 heterocycles. The second-order valence-corrected chi connectivity index (χ2v) is 12.4. The van der Waals surface area contributed by atoms with Crippen molar-refractivity contribution in [3.8, 4) is 0 Å². The summed E-state index contributed by atoms with van der Waals surface area (Å²) < 4.78 is 4.82. The fourth-order valence-electron chi connectivity index (χ4n) is 6.93. The molecule has 2 fully saturated rings. The van der Waals surface area contributed by atoms with E-state index in [9.17, 15) is 9.90 Å². The van der Waals surface area contributed by atoms with Gasteiger partial charge in [0.2, 0.25) is 0 Å². The number of benzene rings is 2. The number of hydrogen-bond acceptors (Lipinski definition) is 6. The molecular formula is C32H44N4O3. The lowest BCUT2D eigenvalue weighted by Gasteiger charge is -2.35. The number of likely N-dealkylation sites (tertiary alicyclic amines) is 1. The number of carboxylic acid groups (broad SMARTS) is 1. The summed E-state index contributed by atoms with van der Waals surface area (Å²) in [7, 11) is 0. The Hall–Kier alpha value is -2.77. The van der Waals surface area contributed by atoms with E-state index in [4.69, 9.17) is 4.63 Å². The number of fused-ring (bicyclic) bond motifs is 1. The van der Waals surface area contributed by atoms with Crippen LogP contribution in [0.4, 0.5) is 0 Å². The summed E-state index contributed by atoms with van der Waals surface area (Å²) in [4.78, 5) is 14.6. The largest absolute Gasteiger partial charge is 0.480 e. The van der Waals surface area contributed by atoms with Gasteiger partial charge in [0.15, 0.2) is 0 Å². The number of rotatable bonds is 12. The van der Waals surface area contributed by atoms with Crippen LogP contribution in [0.1, 0.15) is 75.8 Å². The molecule has 4 atom stereocenters. The molecule has 39 heavy (non-hydrogen) atoms. The first kappa shape index (κ1) is 27.8. The van der Waals surface area contributed by atoms with E-state index in [0.29, 0.717) is 24.2 Å². The lowest BCUT2D eigenvalue weighted by molar-refractivity contribution is -0.140. The van der Waals surface area contributed by atoms with Gasteiger partial charge in [0.05, 0.1) is 0 Å². The highest BCUT2D eigenvalue weighted by Gasteiger charge is 2.38. The molecule has 1 saturated heterocycles. The highest BCUT2D eigenvalue weighted by Crippen LogP contribution is 2.41. The van der Waals surface area contributed by atoms with Gasteiger partial charge >= 0.3 is 5.97 Å². The average Bonchev–Trinajstić information content (AvgIpc) is 3.56. The molecule has 0 radical (unpaired) electrons. The maximum atomic E-state index is 11.9. The highest BCUT2D eigenvalue weighted by atomic mass is 16.6. The van der Waals surface area contributed by atoms with E-state index in [1.807, 2.05) is 6.07 Å². The summed E-state index contributed by atoms with van der Waals surface area (Å²) in [5.41, 5.74) is 4.38. The number of nitrogens with zero attached hydrogens (tertiary/aromatic N) is 3. The molecule has 1 aromatic heterocycles. The summed E-state index contributed by atoms with van der Waals surface area (Å²) in [5, 5.41) is 21.2. The summed E-state index contributed by atoms with van der Waals surface area (Å²) in [6.45, 7) is 7.64. The zero-order valence-corrected chi connectivity index (χ0v) is 23.5. The molecule has 1 saturated carbocycles. The topological polar surface area (TPSA) is 91.5 Å². The van der Waals surface area contributed by atoms with Gasteiger partial charge in [0.1, 0.15) is 17.1 Å². The molecule has 0 spiro atoms. The van der Waals surface area contributed by atoms with Gasteiger partial charge in [-0.05, 0) is 115 Å². The fraction of sp³-hybridized carbons (Fsp3) is 0.594. The zero-order valence-electron chi connectivity index (χ0n) is 23.5. The molecule has 7 nitrogen and oxygen atoms in total. The minimum absolute atomic E-state index is 0.254. The van der Waals surface area contributed by atoms with Crippen molar-refractivity contribution in [2.24, 2.45) is 17.8 Å². The van der Waals surface area contributed by atoms with E-state index >= 15 is 0 Å². The Labute approximate surface area is 232 Å².